The highest BCUT2D eigenvalue weighted by Crippen LogP contribution is 2.17. The number of imidazole rings is 1. The molecule has 0 radical (unpaired) electrons. The molecule has 1 aliphatic rings. The average Bonchev–Trinajstić information content (AvgIpc) is 2.59. The molecule has 0 atom stereocenters. The molecule has 0 aliphatic carbocycles. The first-order valence-electron chi connectivity index (χ1n) is 5.11. The van der Waals surface area contributed by atoms with Gasteiger partial charge in [0, 0.05) is 6.20 Å². The quantitative estimate of drug-likeness (QED) is 0.673. The molecule has 1 aliphatic heterocycles. The first-order valence-corrected chi connectivity index (χ1v) is 5.11. The summed E-state index contributed by atoms with van der Waals surface area (Å²) >= 11 is 0. The third kappa shape index (κ3) is 1.65. The van der Waals surface area contributed by atoms with Crippen LogP contribution in [-0.2, 0) is 0 Å². The van der Waals surface area contributed by atoms with E-state index in [0.29, 0.717) is 22.8 Å². The zero-order valence-corrected chi connectivity index (χ0v) is 8.88. The number of aromatic nitrogens is 4. The second-order valence-electron chi connectivity index (χ2n) is 3.51. The van der Waals surface area contributed by atoms with E-state index >= 15 is 0 Å². The molecule has 0 amide bonds. The molecule has 3 heterocycles. The summed E-state index contributed by atoms with van der Waals surface area (Å²) in [6.45, 7) is 0. The second-order valence-corrected chi connectivity index (χ2v) is 3.51. The fourth-order valence-electron chi connectivity index (χ4n) is 1.58. The zero-order chi connectivity index (χ0) is 11.7. The van der Waals surface area contributed by atoms with Crippen LogP contribution in [0.1, 0.15) is 5.82 Å². The van der Waals surface area contributed by atoms with Crippen LogP contribution in [-0.4, -0.2) is 19.9 Å². The van der Waals surface area contributed by atoms with E-state index in [1.807, 2.05) is 30.5 Å². The van der Waals surface area contributed by atoms with E-state index in [4.69, 9.17) is 5.73 Å². The molecule has 0 fully saturated rings. The van der Waals surface area contributed by atoms with Gasteiger partial charge in [0.25, 0.3) is 0 Å². The van der Waals surface area contributed by atoms with Crippen molar-refractivity contribution in [1.82, 2.24) is 25.3 Å². The third-order valence-electron chi connectivity index (χ3n) is 2.39. The topological polar surface area (TPSA) is 92.5 Å². The highest BCUT2D eigenvalue weighted by atomic mass is 15.1. The van der Waals surface area contributed by atoms with Crippen LogP contribution in [0.2, 0.25) is 0 Å². The van der Waals surface area contributed by atoms with Crippen molar-refractivity contribution in [1.29, 1.82) is 0 Å². The number of nitrogen functional groups attached to an aromatic ring is 1. The Balaban J connectivity index is 2.12. The molecule has 4 N–H and O–H groups in total. The Bertz CT molecular complexity index is 649. The molecule has 2 aromatic heterocycles. The van der Waals surface area contributed by atoms with Crippen molar-refractivity contribution >= 4 is 22.7 Å². The van der Waals surface area contributed by atoms with Crippen molar-refractivity contribution < 1.29 is 0 Å². The minimum atomic E-state index is 0.397. The maximum Gasteiger partial charge on any atom is 0.183 e. The Kier molecular flexibility index (Phi) is 2.11. The van der Waals surface area contributed by atoms with E-state index in [1.54, 1.807) is 0 Å². The lowest BCUT2D eigenvalue weighted by Crippen LogP contribution is -2.04. The van der Waals surface area contributed by atoms with Gasteiger partial charge in [0.1, 0.15) is 11.8 Å². The van der Waals surface area contributed by atoms with Crippen molar-refractivity contribution in [2.75, 3.05) is 5.73 Å². The Morgan fingerprint density at radius 1 is 1.12 bits per heavy atom. The molecule has 0 bridgehead atoms. The lowest BCUT2D eigenvalue weighted by molar-refractivity contribution is 1.13. The number of hydrogen-bond acceptors (Lipinski definition) is 5. The number of allylic oxidation sites excluding steroid dienone is 4. The number of hydrogen-bond donors (Lipinski definition) is 3. The first-order chi connectivity index (χ1) is 8.34. The van der Waals surface area contributed by atoms with Crippen LogP contribution in [0.5, 0.6) is 0 Å². The van der Waals surface area contributed by atoms with Gasteiger partial charge >= 0.3 is 0 Å². The minimum Gasteiger partial charge on any atom is -0.382 e. The van der Waals surface area contributed by atoms with E-state index in [2.05, 4.69) is 25.3 Å². The molecule has 0 saturated heterocycles. The highest BCUT2D eigenvalue weighted by molar-refractivity contribution is 5.83. The Morgan fingerprint density at radius 2 is 2.06 bits per heavy atom. The minimum absolute atomic E-state index is 0.397. The van der Waals surface area contributed by atoms with Gasteiger partial charge in [0.05, 0.1) is 5.70 Å². The van der Waals surface area contributed by atoms with Gasteiger partial charge < -0.3 is 16.0 Å². The lowest BCUT2D eigenvalue weighted by atomic mass is 10.3. The van der Waals surface area contributed by atoms with Crippen LogP contribution in [0, 0.1) is 0 Å². The molecule has 0 saturated carbocycles. The SMILES string of the molecule is Nc1ncnc2nc(C3=CC=CC=CN3)[nH]c12. The number of rotatable bonds is 1. The normalized spacial score (nSPS) is 14.5. The van der Waals surface area contributed by atoms with Gasteiger partial charge in [-0.05, 0) is 12.2 Å². The van der Waals surface area contributed by atoms with Crippen molar-refractivity contribution in [3.05, 3.63) is 42.7 Å². The monoisotopic (exact) mass is 226 g/mol. The van der Waals surface area contributed by atoms with E-state index in [0.717, 1.165) is 5.70 Å². The van der Waals surface area contributed by atoms with Gasteiger partial charge in [-0.2, -0.15) is 0 Å². The van der Waals surface area contributed by atoms with E-state index < -0.39 is 0 Å². The summed E-state index contributed by atoms with van der Waals surface area (Å²) in [4.78, 5) is 15.4. The maximum absolute atomic E-state index is 5.74. The standard InChI is InChI=1S/C11H10N6/c12-9-8-11(15-6-14-9)17-10(16-8)7-4-2-1-3-5-13-7/h1-6,13H,(H3,12,14,15,16,17). The number of aromatic amines is 1. The van der Waals surface area contributed by atoms with Gasteiger partial charge in [-0.15, -0.1) is 0 Å². The Hall–Kier alpha value is -2.63. The predicted octanol–water partition coefficient (Wildman–Crippen LogP) is 0.949. The van der Waals surface area contributed by atoms with Gasteiger partial charge in [-0.3, -0.25) is 0 Å². The molecule has 17 heavy (non-hydrogen) atoms. The summed E-state index contributed by atoms with van der Waals surface area (Å²) in [6, 6.07) is 0. The van der Waals surface area contributed by atoms with Crippen molar-refractivity contribution in [2.24, 2.45) is 0 Å². The molecule has 2 aromatic rings. The van der Waals surface area contributed by atoms with Crippen LogP contribution >= 0.6 is 0 Å². The second kappa shape index (κ2) is 3.75. The molecule has 6 heteroatoms. The molecular weight excluding hydrogens is 216 g/mol. The summed E-state index contributed by atoms with van der Waals surface area (Å²) in [5.74, 6) is 1.08. The molecule has 84 valence electrons. The Labute approximate surface area is 97.0 Å². The summed E-state index contributed by atoms with van der Waals surface area (Å²) in [5.41, 5.74) is 7.81. The van der Waals surface area contributed by atoms with Gasteiger partial charge in [-0.1, -0.05) is 12.2 Å². The molecule has 0 aromatic carbocycles. The van der Waals surface area contributed by atoms with Crippen LogP contribution in [0.3, 0.4) is 0 Å². The van der Waals surface area contributed by atoms with Crippen LogP contribution in [0.25, 0.3) is 16.9 Å². The fourth-order valence-corrected chi connectivity index (χ4v) is 1.58. The van der Waals surface area contributed by atoms with Crippen molar-refractivity contribution in [3.8, 4) is 0 Å². The predicted molar refractivity (Wildman–Crippen MR) is 65.5 cm³/mol. The van der Waals surface area contributed by atoms with E-state index in [-0.39, 0.29) is 0 Å². The van der Waals surface area contributed by atoms with Gasteiger partial charge in [-0.25, -0.2) is 15.0 Å². The number of nitrogens with two attached hydrogens (primary N) is 1. The maximum atomic E-state index is 5.74. The number of fused-ring (bicyclic) bond motifs is 1. The zero-order valence-electron chi connectivity index (χ0n) is 8.88. The van der Waals surface area contributed by atoms with Crippen LogP contribution < -0.4 is 11.1 Å². The van der Waals surface area contributed by atoms with E-state index in [9.17, 15) is 0 Å². The fraction of sp³-hybridized carbons (Fsp3) is 0. The van der Waals surface area contributed by atoms with Gasteiger partial charge in [0.15, 0.2) is 17.3 Å². The number of nitrogens with one attached hydrogen (secondary N) is 2. The molecular formula is C11H10N6. The molecule has 0 spiro atoms. The number of H-pyrrole nitrogens is 1. The van der Waals surface area contributed by atoms with Crippen molar-refractivity contribution in [3.63, 3.8) is 0 Å². The summed E-state index contributed by atoms with van der Waals surface area (Å²) in [7, 11) is 0. The number of anilines is 1. The van der Waals surface area contributed by atoms with Crippen LogP contribution in [0.15, 0.2) is 36.8 Å². The average molecular weight is 226 g/mol. The molecule has 3 rings (SSSR count). The third-order valence-corrected chi connectivity index (χ3v) is 2.39. The Morgan fingerprint density at radius 3 is 2.94 bits per heavy atom. The molecule has 0 unspecified atom stereocenters. The van der Waals surface area contributed by atoms with E-state index in [1.165, 1.54) is 6.33 Å². The van der Waals surface area contributed by atoms with Crippen LogP contribution in [0.4, 0.5) is 5.82 Å². The first kappa shape index (κ1) is 9.59. The highest BCUT2D eigenvalue weighted by Gasteiger charge is 2.10. The largest absolute Gasteiger partial charge is 0.382 e. The lowest BCUT2D eigenvalue weighted by Gasteiger charge is -2.00. The molecule has 6 nitrogen and oxygen atoms in total. The summed E-state index contributed by atoms with van der Waals surface area (Å²) in [5, 5.41) is 3.11. The van der Waals surface area contributed by atoms with Gasteiger partial charge in [0.2, 0.25) is 0 Å². The number of nitrogens with zero attached hydrogens (tertiary/aromatic N) is 3. The smallest absolute Gasteiger partial charge is 0.183 e. The summed E-state index contributed by atoms with van der Waals surface area (Å²) < 4.78 is 0. The van der Waals surface area contributed by atoms with Crippen molar-refractivity contribution in [2.45, 2.75) is 0 Å². The summed E-state index contributed by atoms with van der Waals surface area (Å²) in [6.07, 6.45) is 10.9.